The highest BCUT2D eigenvalue weighted by molar-refractivity contribution is 7.90. The van der Waals surface area contributed by atoms with Crippen LogP contribution in [0.5, 0.6) is 5.75 Å². The van der Waals surface area contributed by atoms with Gasteiger partial charge in [-0.3, -0.25) is 5.01 Å². The molecule has 4 rings (SSSR count). The minimum atomic E-state index is -4.92. The molecule has 0 atom stereocenters. The van der Waals surface area contributed by atoms with Crippen molar-refractivity contribution in [1.29, 1.82) is 0 Å². The molecular weight excluding hydrogens is 628 g/mol. The van der Waals surface area contributed by atoms with Gasteiger partial charge in [0.25, 0.3) is 0 Å². The first-order chi connectivity index (χ1) is 20.9. The van der Waals surface area contributed by atoms with Crippen LogP contribution in [-0.2, 0) is 22.4 Å². The van der Waals surface area contributed by atoms with E-state index in [2.05, 4.69) is 9.72 Å². The van der Waals surface area contributed by atoms with Gasteiger partial charge in [-0.1, -0.05) is 18.2 Å². The van der Waals surface area contributed by atoms with Gasteiger partial charge >= 0.3 is 12.5 Å². The number of alkyl halides is 6. The van der Waals surface area contributed by atoms with Crippen molar-refractivity contribution in [2.24, 2.45) is 11.6 Å². The zero-order valence-electron chi connectivity index (χ0n) is 23.7. The van der Waals surface area contributed by atoms with E-state index in [0.717, 1.165) is 40.4 Å². The first kappa shape index (κ1) is 33.4. The number of halogens is 6. The summed E-state index contributed by atoms with van der Waals surface area (Å²) >= 11 is 0. The molecule has 0 aliphatic heterocycles. The predicted octanol–water partition coefficient (Wildman–Crippen LogP) is 5.34. The summed E-state index contributed by atoms with van der Waals surface area (Å²) in [6.07, 6.45) is -6.73. The van der Waals surface area contributed by atoms with Gasteiger partial charge in [0.2, 0.25) is 0 Å². The summed E-state index contributed by atoms with van der Waals surface area (Å²) < 4.78 is 109. The van der Waals surface area contributed by atoms with Gasteiger partial charge in [0, 0.05) is 30.8 Å². The number of ether oxygens (including phenoxy) is 1. The smallest absolute Gasteiger partial charge is 0.406 e. The van der Waals surface area contributed by atoms with Gasteiger partial charge in [0.1, 0.15) is 11.6 Å². The Morgan fingerprint density at radius 3 is 2.18 bits per heavy atom. The first-order valence-corrected chi connectivity index (χ1v) is 14.9. The number of benzene rings is 3. The summed E-state index contributed by atoms with van der Waals surface area (Å²) in [7, 11) is -3.72. The van der Waals surface area contributed by atoms with Crippen LogP contribution in [-0.4, -0.2) is 42.3 Å². The van der Waals surface area contributed by atoms with Crippen molar-refractivity contribution in [3.05, 3.63) is 95.7 Å². The summed E-state index contributed by atoms with van der Waals surface area (Å²) in [5.41, 5.74) is 6.40. The van der Waals surface area contributed by atoms with Crippen LogP contribution in [0, 0.1) is 6.92 Å². The maximum absolute atomic E-state index is 13.5. The fourth-order valence-corrected chi connectivity index (χ4v) is 5.62. The fourth-order valence-electron chi connectivity index (χ4n) is 4.63. The number of rotatable bonds is 9. The number of aliphatic hydroxyl groups is 1. The number of nitrogens with two attached hydrogens (primary N) is 2. The van der Waals surface area contributed by atoms with E-state index in [4.69, 9.17) is 11.6 Å². The molecule has 0 spiro atoms. The Kier molecular flexibility index (Phi) is 9.23. The molecule has 0 aliphatic carbocycles. The molecular formula is C29H27F6N5O4S. The van der Waals surface area contributed by atoms with Crippen LogP contribution in [0.2, 0.25) is 0 Å². The summed E-state index contributed by atoms with van der Waals surface area (Å²) in [5.74, 6) is 5.96. The third-order valence-electron chi connectivity index (χ3n) is 6.65. The molecule has 0 unspecified atom stereocenters. The van der Waals surface area contributed by atoms with Crippen LogP contribution in [0.25, 0.3) is 22.5 Å². The maximum atomic E-state index is 13.5. The van der Waals surface area contributed by atoms with Gasteiger partial charge in [-0.15, -0.1) is 13.2 Å². The Morgan fingerprint density at radius 2 is 1.64 bits per heavy atom. The molecule has 3 aromatic carbocycles. The zero-order chi connectivity index (χ0) is 33.3. The summed E-state index contributed by atoms with van der Waals surface area (Å²) in [4.78, 5) is 3.59. The lowest BCUT2D eigenvalue weighted by Crippen LogP contribution is -2.31. The number of hydrogen-bond acceptors (Lipinski definition) is 8. The molecule has 5 N–H and O–H groups in total. The number of hydrogen-bond donors (Lipinski definition) is 3. The van der Waals surface area contributed by atoms with Gasteiger partial charge in [-0.05, 0) is 72.5 Å². The summed E-state index contributed by atoms with van der Waals surface area (Å²) in [6.45, 7) is 1.07. The molecule has 240 valence electrons. The van der Waals surface area contributed by atoms with Gasteiger partial charge in [-0.25, -0.2) is 19.2 Å². The van der Waals surface area contributed by atoms with Crippen LogP contribution in [0.3, 0.4) is 0 Å². The molecule has 0 aliphatic rings. The molecule has 1 heterocycles. The second-order valence-electron chi connectivity index (χ2n) is 9.81. The van der Waals surface area contributed by atoms with E-state index < -0.39 is 33.8 Å². The zero-order valence-corrected chi connectivity index (χ0v) is 24.5. The van der Waals surface area contributed by atoms with E-state index in [1.807, 2.05) is 0 Å². The number of imidazole rings is 1. The van der Waals surface area contributed by atoms with E-state index in [9.17, 15) is 39.9 Å². The van der Waals surface area contributed by atoms with Crippen molar-refractivity contribution in [3.8, 4) is 22.6 Å². The molecule has 0 saturated carbocycles. The quantitative estimate of drug-likeness (QED) is 0.125. The Labute approximate surface area is 253 Å². The Balaban J connectivity index is 1.89. The highest BCUT2D eigenvalue weighted by Gasteiger charge is 2.35. The van der Waals surface area contributed by atoms with Gasteiger partial charge in [0.15, 0.2) is 15.5 Å². The number of aliphatic hydroxyl groups excluding tert-OH is 1. The Bertz CT molecular complexity index is 1840. The van der Waals surface area contributed by atoms with Crippen LogP contribution in [0.4, 0.5) is 32.0 Å². The molecule has 0 saturated heterocycles. The monoisotopic (exact) mass is 655 g/mol. The van der Waals surface area contributed by atoms with Crippen LogP contribution >= 0.6 is 0 Å². The highest BCUT2D eigenvalue weighted by Crippen LogP contribution is 2.37. The van der Waals surface area contributed by atoms with Crippen molar-refractivity contribution >= 4 is 21.2 Å². The largest absolute Gasteiger partial charge is 0.573 e. The molecule has 1 aromatic heterocycles. The van der Waals surface area contributed by atoms with Crippen molar-refractivity contribution < 1.29 is 44.6 Å². The van der Waals surface area contributed by atoms with E-state index in [1.54, 1.807) is 18.2 Å². The summed E-state index contributed by atoms with van der Waals surface area (Å²) in [5, 5.41) is 10.4. The normalized spacial score (nSPS) is 12.8. The predicted molar refractivity (Wildman–Crippen MR) is 155 cm³/mol. The standard InChI is InChI=1S/C29H27F6N5O4S/c1-17-38-27(28(30,31)32)16-39(17)23-10-7-20(21-4-3-19(11-12-41)26(14-21)45(2,42)43)13-24(23)40(37)25(15-36)18-5-8-22(9-6-18)44-29(33,34)35/h3-10,13-16,41H,11-12,36-37H2,1-2H3/b25-15-. The number of aromatic nitrogens is 2. The minimum Gasteiger partial charge on any atom is -0.406 e. The molecule has 16 heteroatoms. The van der Waals surface area contributed by atoms with Gasteiger partial charge < -0.3 is 20.1 Å². The number of nitrogens with zero attached hydrogens (tertiary/aromatic N) is 3. The SMILES string of the molecule is Cc1nc(C(F)(F)F)cn1-c1ccc(-c2ccc(CCO)c(S(C)(=O)=O)c2)cc1N(N)/C(=C\N)c1ccc(OC(F)(F)F)cc1. The Morgan fingerprint density at radius 1 is 1.02 bits per heavy atom. The van der Waals surface area contributed by atoms with Crippen molar-refractivity contribution in [2.75, 3.05) is 17.9 Å². The first-order valence-electron chi connectivity index (χ1n) is 13.0. The summed E-state index contributed by atoms with van der Waals surface area (Å²) in [6, 6.07) is 13.6. The molecule has 9 nitrogen and oxygen atoms in total. The Hall–Kier alpha value is -4.54. The molecule has 4 aromatic rings. The lowest BCUT2D eigenvalue weighted by Gasteiger charge is -2.26. The van der Waals surface area contributed by atoms with Gasteiger partial charge in [0.05, 0.1) is 22.0 Å². The second-order valence-corrected chi connectivity index (χ2v) is 11.8. The van der Waals surface area contributed by atoms with Crippen molar-refractivity contribution in [3.63, 3.8) is 0 Å². The van der Waals surface area contributed by atoms with Crippen molar-refractivity contribution in [2.45, 2.75) is 30.8 Å². The van der Waals surface area contributed by atoms with Gasteiger partial charge in [-0.2, -0.15) is 13.2 Å². The molecule has 0 amide bonds. The van der Waals surface area contributed by atoms with E-state index in [1.165, 1.54) is 37.3 Å². The number of aryl methyl sites for hydroxylation is 1. The maximum Gasteiger partial charge on any atom is 0.573 e. The lowest BCUT2D eigenvalue weighted by atomic mass is 10.0. The van der Waals surface area contributed by atoms with E-state index in [-0.39, 0.29) is 46.4 Å². The average molecular weight is 656 g/mol. The molecule has 0 radical (unpaired) electrons. The molecule has 0 bridgehead atoms. The number of sulfone groups is 1. The third kappa shape index (κ3) is 7.58. The van der Waals surface area contributed by atoms with E-state index in [0.29, 0.717) is 16.7 Å². The minimum absolute atomic E-state index is 0.0201. The van der Waals surface area contributed by atoms with Crippen LogP contribution in [0.1, 0.15) is 22.6 Å². The average Bonchev–Trinajstić information content (AvgIpc) is 3.35. The number of anilines is 1. The molecule has 0 fully saturated rings. The van der Waals surface area contributed by atoms with Crippen LogP contribution < -0.4 is 21.3 Å². The number of hydrazine groups is 1. The second kappa shape index (κ2) is 12.5. The highest BCUT2D eigenvalue weighted by atomic mass is 32.2. The lowest BCUT2D eigenvalue weighted by molar-refractivity contribution is -0.274. The molecule has 45 heavy (non-hydrogen) atoms. The van der Waals surface area contributed by atoms with Crippen LogP contribution in [0.15, 0.2) is 78.0 Å². The third-order valence-corrected chi connectivity index (χ3v) is 7.83. The fraction of sp³-hybridized carbons (Fsp3) is 0.207. The van der Waals surface area contributed by atoms with E-state index >= 15 is 0 Å². The van der Waals surface area contributed by atoms with Crippen molar-refractivity contribution in [1.82, 2.24) is 9.55 Å². The topological polar surface area (TPSA) is 137 Å².